The highest BCUT2D eigenvalue weighted by atomic mass is 33.1. The molecule has 0 saturated heterocycles. The summed E-state index contributed by atoms with van der Waals surface area (Å²) in [5, 5.41) is 28.1. The molecule has 0 unspecified atom stereocenters. The van der Waals surface area contributed by atoms with Crippen LogP contribution in [0.15, 0.2) is 103 Å². The van der Waals surface area contributed by atoms with E-state index in [1.54, 1.807) is 0 Å². The number of hydrogen-bond donors (Lipinski definition) is 5. The number of aromatic nitrogens is 1. The van der Waals surface area contributed by atoms with Crippen LogP contribution in [0.2, 0.25) is 0 Å². The standard InChI is InChI=1S/C36H46N4O2S2/c1-4-33(13-16-37-17-23-41)29(2)27-31-5-9-35(10-6-31)38-18-25-43-44-26-19-39-36-11-7-32(8-12-36)28-30(3)34-14-20-40(21-15-34)22-24-42/h4-16,20-21,27-28,37-38,41-42H,17-19,22-26H2,1-3H3/p+1/b16-13-,29-27+,33-4+. The Hall–Kier alpha value is -3.43. The minimum Gasteiger partial charge on any atom is -0.395 e. The lowest BCUT2D eigenvalue weighted by Crippen LogP contribution is -2.34. The minimum absolute atomic E-state index is 0.125. The Morgan fingerprint density at radius 3 is 1.84 bits per heavy atom. The molecule has 5 N–H and O–H groups in total. The fourth-order valence-electron chi connectivity index (χ4n) is 4.39. The maximum atomic E-state index is 9.08. The zero-order chi connectivity index (χ0) is 31.4. The van der Waals surface area contributed by atoms with Crippen molar-refractivity contribution in [1.29, 1.82) is 0 Å². The quantitative estimate of drug-likeness (QED) is 0.0427. The van der Waals surface area contributed by atoms with Crippen LogP contribution in [0.1, 0.15) is 37.5 Å². The van der Waals surface area contributed by atoms with E-state index >= 15 is 0 Å². The summed E-state index contributed by atoms with van der Waals surface area (Å²) in [6.45, 7) is 9.56. The molecule has 1 heterocycles. The molecule has 0 saturated carbocycles. The summed E-state index contributed by atoms with van der Waals surface area (Å²) in [7, 11) is 3.79. The molecular weight excluding hydrogens is 585 g/mol. The van der Waals surface area contributed by atoms with Crippen LogP contribution in [0.3, 0.4) is 0 Å². The Labute approximate surface area is 271 Å². The van der Waals surface area contributed by atoms with Gasteiger partial charge >= 0.3 is 0 Å². The normalized spacial score (nSPS) is 12.5. The van der Waals surface area contributed by atoms with Gasteiger partial charge in [0.25, 0.3) is 0 Å². The highest BCUT2D eigenvalue weighted by Gasteiger charge is 2.03. The van der Waals surface area contributed by atoms with Crippen LogP contribution in [0.5, 0.6) is 0 Å². The molecule has 6 nitrogen and oxygen atoms in total. The Bertz CT molecular complexity index is 1370. The van der Waals surface area contributed by atoms with E-state index in [1.165, 1.54) is 27.8 Å². The molecular formula is C36H47N4O2S2+. The number of anilines is 2. The summed E-state index contributed by atoms with van der Waals surface area (Å²) in [4.78, 5) is 0. The van der Waals surface area contributed by atoms with Crippen molar-refractivity contribution in [3.63, 3.8) is 0 Å². The molecule has 0 spiro atoms. The number of pyridine rings is 1. The summed E-state index contributed by atoms with van der Waals surface area (Å²) < 4.78 is 1.98. The molecule has 3 rings (SSSR count). The van der Waals surface area contributed by atoms with Crippen LogP contribution >= 0.6 is 21.6 Å². The third-order valence-corrected chi connectivity index (χ3v) is 9.22. The Kier molecular flexibility index (Phi) is 16.3. The average molecular weight is 632 g/mol. The second kappa shape index (κ2) is 20.5. The van der Waals surface area contributed by atoms with Crippen LogP contribution in [-0.2, 0) is 6.54 Å². The first-order valence-corrected chi connectivity index (χ1v) is 17.6. The Morgan fingerprint density at radius 2 is 1.32 bits per heavy atom. The minimum atomic E-state index is 0.125. The number of hydrogen-bond acceptors (Lipinski definition) is 7. The smallest absolute Gasteiger partial charge is 0.171 e. The summed E-state index contributed by atoms with van der Waals surface area (Å²) in [5.41, 5.74) is 9.35. The van der Waals surface area contributed by atoms with Gasteiger partial charge in [-0.2, -0.15) is 0 Å². The first-order chi connectivity index (χ1) is 21.5. The summed E-state index contributed by atoms with van der Waals surface area (Å²) in [5.74, 6) is 2.08. The number of nitrogens with one attached hydrogen (secondary N) is 3. The van der Waals surface area contributed by atoms with E-state index in [-0.39, 0.29) is 13.2 Å². The lowest BCUT2D eigenvalue weighted by molar-refractivity contribution is -0.698. The Balaban J connectivity index is 1.30. The predicted molar refractivity (Wildman–Crippen MR) is 194 cm³/mol. The number of aliphatic hydroxyl groups excluding tert-OH is 2. The molecule has 1 aromatic heterocycles. The van der Waals surface area contributed by atoms with Gasteiger partial charge in [0.1, 0.15) is 6.61 Å². The molecule has 0 radical (unpaired) electrons. The number of aliphatic hydroxyl groups is 2. The Morgan fingerprint density at radius 1 is 0.750 bits per heavy atom. The van der Waals surface area contributed by atoms with Gasteiger partial charge in [0.05, 0.1) is 6.61 Å². The van der Waals surface area contributed by atoms with Crippen molar-refractivity contribution < 1.29 is 14.8 Å². The van der Waals surface area contributed by atoms with Gasteiger partial charge in [-0.3, -0.25) is 0 Å². The van der Waals surface area contributed by atoms with Gasteiger partial charge in [-0.05, 0) is 90.7 Å². The van der Waals surface area contributed by atoms with E-state index < -0.39 is 0 Å². The summed E-state index contributed by atoms with van der Waals surface area (Å²) in [6.07, 6.45) is 14.4. The van der Waals surface area contributed by atoms with Gasteiger partial charge in [-0.1, -0.05) is 64.1 Å². The van der Waals surface area contributed by atoms with E-state index in [0.717, 1.165) is 41.5 Å². The van der Waals surface area contributed by atoms with E-state index in [4.69, 9.17) is 10.2 Å². The monoisotopic (exact) mass is 631 g/mol. The summed E-state index contributed by atoms with van der Waals surface area (Å²) in [6, 6.07) is 21.3. The second-order valence-corrected chi connectivity index (χ2v) is 12.9. The SMILES string of the molecule is C/C=C(\C=C/NCCO)C(/C)=C/c1ccc(NCCSSCCNc2ccc(/C=C(\C)c3cc[n+](CCO)cc3)cc2)cc1. The van der Waals surface area contributed by atoms with Gasteiger partial charge in [0.2, 0.25) is 0 Å². The number of rotatable bonds is 19. The number of allylic oxidation sites excluding steroid dienone is 5. The van der Waals surface area contributed by atoms with E-state index in [0.29, 0.717) is 13.1 Å². The molecule has 0 atom stereocenters. The molecule has 8 heteroatoms. The molecule has 0 fully saturated rings. The number of nitrogens with zero attached hydrogens (tertiary/aromatic N) is 1. The van der Waals surface area contributed by atoms with Crippen LogP contribution in [0, 0.1) is 0 Å². The molecule has 0 amide bonds. The lowest BCUT2D eigenvalue weighted by atomic mass is 10.0. The van der Waals surface area contributed by atoms with E-state index in [9.17, 15) is 0 Å². The maximum absolute atomic E-state index is 9.08. The van der Waals surface area contributed by atoms with Crippen LogP contribution in [0.4, 0.5) is 11.4 Å². The van der Waals surface area contributed by atoms with Crippen molar-refractivity contribution in [1.82, 2.24) is 5.32 Å². The molecule has 0 aliphatic heterocycles. The summed E-state index contributed by atoms with van der Waals surface area (Å²) >= 11 is 0. The third-order valence-electron chi connectivity index (χ3n) is 6.81. The average Bonchev–Trinajstić information content (AvgIpc) is 3.04. The zero-order valence-corrected chi connectivity index (χ0v) is 27.8. The van der Waals surface area contributed by atoms with Crippen LogP contribution < -0.4 is 20.5 Å². The molecule has 2 aromatic carbocycles. The molecule has 234 valence electrons. The highest BCUT2D eigenvalue weighted by molar-refractivity contribution is 8.76. The van der Waals surface area contributed by atoms with Gasteiger partial charge < -0.3 is 26.2 Å². The molecule has 44 heavy (non-hydrogen) atoms. The fourth-order valence-corrected chi connectivity index (χ4v) is 6.20. The topological polar surface area (TPSA) is 80.4 Å². The third kappa shape index (κ3) is 13.1. The molecule has 3 aromatic rings. The van der Waals surface area contributed by atoms with Gasteiger partial charge in [0.15, 0.2) is 18.9 Å². The predicted octanol–water partition coefficient (Wildman–Crippen LogP) is 6.88. The van der Waals surface area contributed by atoms with Crippen LogP contribution in [0.25, 0.3) is 17.7 Å². The molecule has 0 aliphatic carbocycles. The fraction of sp³-hybridized carbons (Fsp3) is 0.306. The maximum Gasteiger partial charge on any atom is 0.171 e. The first-order valence-electron chi connectivity index (χ1n) is 15.1. The highest BCUT2D eigenvalue weighted by Crippen LogP contribution is 2.22. The lowest BCUT2D eigenvalue weighted by Gasteiger charge is -2.08. The van der Waals surface area contributed by atoms with Gasteiger partial charge in [0, 0.05) is 54.6 Å². The van der Waals surface area contributed by atoms with Crippen molar-refractivity contribution in [2.45, 2.75) is 27.3 Å². The van der Waals surface area contributed by atoms with Crippen molar-refractivity contribution in [2.24, 2.45) is 0 Å². The second-order valence-electron chi connectivity index (χ2n) is 10.2. The first kappa shape index (κ1) is 35.1. The van der Waals surface area contributed by atoms with E-state index in [2.05, 4.69) is 109 Å². The van der Waals surface area contributed by atoms with E-state index in [1.807, 2.05) is 57.7 Å². The van der Waals surface area contributed by atoms with Crippen LogP contribution in [-0.4, -0.2) is 54.6 Å². The van der Waals surface area contributed by atoms with Crippen molar-refractivity contribution in [2.75, 3.05) is 55.0 Å². The zero-order valence-electron chi connectivity index (χ0n) is 26.1. The van der Waals surface area contributed by atoms with Crippen molar-refractivity contribution in [3.8, 4) is 0 Å². The largest absolute Gasteiger partial charge is 0.395 e. The van der Waals surface area contributed by atoms with Crippen molar-refractivity contribution >= 4 is 50.7 Å². The van der Waals surface area contributed by atoms with Gasteiger partial charge in [-0.15, -0.1) is 0 Å². The molecule has 0 aliphatic rings. The molecule has 0 bridgehead atoms. The van der Waals surface area contributed by atoms with Crippen molar-refractivity contribution in [3.05, 3.63) is 119 Å². The van der Waals surface area contributed by atoms with Gasteiger partial charge in [-0.25, -0.2) is 4.57 Å². The number of benzene rings is 2.